The second-order valence-corrected chi connectivity index (χ2v) is 5.84. The van der Waals surface area contributed by atoms with Gasteiger partial charge in [-0.3, -0.25) is 0 Å². The van der Waals surface area contributed by atoms with Crippen molar-refractivity contribution in [1.82, 2.24) is 9.97 Å². The number of rotatable bonds is 5. The van der Waals surface area contributed by atoms with Crippen LogP contribution >= 0.6 is 0 Å². The minimum atomic E-state index is 0.241. The zero-order valence-corrected chi connectivity index (χ0v) is 12.7. The van der Waals surface area contributed by atoms with E-state index in [9.17, 15) is 0 Å². The lowest BCUT2D eigenvalue weighted by Crippen LogP contribution is -2.29. The molecule has 2 N–H and O–H groups in total. The summed E-state index contributed by atoms with van der Waals surface area (Å²) in [6.45, 7) is 13.9. The molecule has 0 fully saturated rings. The van der Waals surface area contributed by atoms with E-state index in [1.165, 1.54) is 0 Å². The van der Waals surface area contributed by atoms with Gasteiger partial charge in [-0.05, 0) is 25.2 Å². The lowest BCUT2D eigenvalue weighted by atomic mass is 9.81. The van der Waals surface area contributed by atoms with Crippen molar-refractivity contribution in [3.63, 3.8) is 0 Å². The fourth-order valence-corrected chi connectivity index (χ4v) is 1.56. The van der Waals surface area contributed by atoms with Crippen molar-refractivity contribution >= 4 is 11.6 Å². The summed E-state index contributed by atoms with van der Waals surface area (Å²) >= 11 is 0. The van der Waals surface area contributed by atoms with Gasteiger partial charge < -0.3 is 10.6 Å². The van der Waals surface area contributed by atoms with Gasteiger partial charge >= 0.3 is 0 Å². The second-order valence-electron chi connectivity index (χ2n) is 5.84. The Morgan fingerprint density at radius 1 is 1.11 bits per heavy atom. The van der Waals surface area contributed by atoms with Gasteiger partial charge in [0.05, 0.1) is 0 Å². The molecule has 4 nitrogen and oxygen atoms in total. The van der Waals surface area contributed by atoms with E-state index in [1.54, 1.807) is 0 Å². The molecule has 1 rings (SSSR count). The van der Waals surface area contributed by atoms with E-state index in [2.05, 4.69) is 48.3 Å². The van der Waals surface area contributed by atoms with E-state index in [0.29, 0.717) is 5.92 Å². The van der Waals surface area contributed by atoms with E-state index in [-0.39, 0.29) is 5.41 Å². The van der Waals surface area contributed by atoms with E-state index >= 15 is 0 Å². The van der Waals surface area contributed by atoms with Crippen LogP contribution in [0.3, 0.4) is 0 Å². The molecule has 0 spiro atoms. The van der Waals surface area contributed by atoms with Gasteiger partial charge in [0, 0.05) is 19.2 Å². The Morgan fingerprint density at radius 3 is 2.17 bits per heavy atom. The van der Waals surface area contributed by atoms with Gasteiger partial charge in [-0.1, -0.05) is 27.7 Å². The molecule has 0 atom stereocenters. The molecule has 0 unspecified atom stereocenters. The highest BCUT2D eigenvalue weighted by Gasteiger charge is 2.22. The van der Waals surface area contributed by atoms with Gasteiger partial charge in [-0.2, -0.15) is 0 Å². The largest absolute Gasteiger partial charge is 0.373 e. The molecule has 0 aliphatic carbocycles. The van der Waals surface area contributed by atoms with Gasteiger partial charge in [0.25, 0.3) is 0 Å². The van der Waals surface area contributed by atoms with Gasteiger partial charge in [0.2, 0.25) is 0 Å². The predicted molar refractivity (Wildman–Crippen MR) is 78.2 cm³/mol. The highest BCUT2D eigenvalue weighted by Crippen LogP contribution is 2.27. The van der Waals surface area contributed by atoms with Crippen LogP contribution in [0.4, 0.5) is 11.6 Å². The third kappa shape index (κ3) is 3.34. The summed E-state index contributed by atoms with van der Waals surface area (Å²) in [7, 11) is 1.89. The van der Waals surface area contributed by atoms with Crippen LogP contribution in [0.1, 0.15) is 39.1 Å². The predicted octanol–water partition coefficient (Wildman–Crippen LogP) is 3.23. The van der Waals surface area contributed by atoms with Crippen LogP contribution in [0.25, 0.3) is 0 Å². The minimum Gasteiger partial charge on any atom is -0.373 e. The first-order valence-electron chi connectivity index (χ1n) is 6.54. The average molecular weight is 250 g/mol. The molecule has 18 heavy (non-hydrogen) atoms. The van der Waals surface area contributed by atoms with Crippen LogP contribution in [0.5, 0.6) is 0 Å². The molecular formula is C14H26N4. The van der Waals surface area contributed by atoms with Gasteiger partial charge in [-0.15, -0.1) is 0 Å². The SMILES string of the molecule is CNc1nc(C)nc(NCC(C)(C)C(C)C)c1C. The van der Waals surface area contributed by atoms with Gasteiger partial charge in [0.15, 0.2) is 0 Å². The second kappa shape index (κ2) is 5.55. The van der Waals surface area contributed by atoms with Crippen LogP contribution in [0.15, 0.2) is 0 Å². The smallest absolute Gasteiger partial charge is 0.134 e. The zero-order chi connectivity index (χ0) is 13.9. The Morgan fingerprint density at radius 2 is 1.67 bits per heavy atom. The number of anilines is 2. The number of nitrogens with one attached hydrogen (secondary N) is 2. The average Bonchev–Trinajstić information content (AvgIpc) is 2.29. The normalized spacial score (nSPS) is 11.8. The number of aromatic nitrogens is 2. The summed E-state index contributed by atoms with van der Waals surface area (Å²) in [4.78, 5) is 8.85. The zero-order valence-electron chi connectivity index (χ0n) is 12.7. The van der Waals surface area contributed by atoms with Crippen LogP contribution < -0.4 is 10.6 Å². The Bertz CT molecular complexity index is 411. The van der Waals surface area contributed by atoms with E-state index in [0.717, 1.165) is 29.6 Å². The Hall–Kier alpha value is -1.32. The van der Waals surface area contributed by atoms with Crippen molar-refractivity contribution in [2.75, 3.05) is 24.2 Å². The van der Waals surface area contributed by atoms with E-state index in [1.807, 2.05) is 20.9 Å². The molecule has 0 radical (unpaired) electrons. The Balaban J connectivity index is 2.89. The van der Waals surface area contributed by atoms with Crippen LogP contribution in [-0.4, -0.2) is 23.6 Å². The minimum absolute atomic E-state index is 0.241. The molecule has 0 amide bonds. The Kier molecular flexibility index (Phi) is 4.54. The molecule has 0 aromatic carbocycles. The van der Waals surface area contributed by atoms with E-state index in [4.69, 9.17) is 0 Å². The topological polar surface area (TPSA) is 49.8 Å². The molecule has 0 aliphatic heterocycles. The van der Waals surface area contributed by atoms with Crippen LogP contribution in [-0.2, 0) is 0 Å². The monoisotopic (exact) mass is 250 g/mol. The maximum atomic E-state index is 4.48. The fraction of sp³-hybridized carbons (Fsp3) is 0.714. The summed E-state index contributed by atoms with van der Waals surface area (Å²) < 4.78 is 0. The molecule has 1 heterocycles. The lowest BCUT2D eigenvalue weighted by molar-refractivity contribution is 0.269. The molecule has 4 heteroatoms. The van der Waals surface area contributed by atoms with Crippen molar-refractivity contribution < 1.29 is 0 Å². The summed E-state index contributed by atoms with van der Waals surface area (Å²) in [6, 6.07) is 0. The molecule has 102 valence electrons. The standard InChI is InChI=1S/C14H26N4/c1-9(2)14(5,6)8-16-13-10(3)12(15-7)17-11(4)18-13/h9H,8H2,1-7H3,(H2,15,16,17,18). The lowest BCUT2D eigenvalue weighted by Gasteiger charge is -2.30. The van der Waals surface area contributed by atoms with Crippen LogP contribution in [0.2, 0.25) is 0 Å². The summed E-state index contributed by atoms with van der Waals surface area (Å²) in [5.74, 6) is 3.24. The molecule has 0 saturated carbocycles. The molecule has 0 aliphatic rings. The van der Waals surface area contributed by atoms with Crippen molar-refractivity contribution in [2.24, 2.45) is 11.3 Å². The summed E-state index contributed by atoms with van der Waals surface area (Å²) in [5, 5.41) is 6.56. The highest BCUT2D eigenvalue weighted by atomic mass is 15.1. The first kappa shape index (κ1) is 14.7. The number of aryl methyl sites for hydroxylation is 1. The molecule has 0 saturated heterocycles. The Labute approximate surface area is 111 Å². The molecular weight excluding hydrogens is 224 g/mol. The highest BCUT2D eigenvalue weighted by molar-refractivity contribution is 5.56. The maximum absolute atomic E-state index is 4.48. The first-order valence-corrected chi connectivity index (χ1v) is 6.54. The summed E-state index contributed by atoms with van der Waals surface area (Å²) in [6.07, 6.45) is 0. The molecule has 1 aromatic rings. The molecule has 1 aromatic heterocycles. The van der Waals surface area contributed by atoms with Crippen molar-refractivity contribution in [2.45, 2.75) is 41.5 Å². The van der Waals surface area contributed by atoms with Crippen molar-refractivity contribution in [1.29, 1.82) is 0 Å². The molecule has 0 bridgehead atoms. The third-order valence-electron chi connectivity index (χ3n) is 3.77. The third-order valence-corrected chi connectivity index (χ3v) is 3.77. The van der Waals surface area contributed by atoms with Gasteiger partial charge in [-0.25, -0.2) is 9.97 Å². The first-order chi connectivity index (χ1) is 8.27. The number of hydrogen-bond acceptors (Lipinski definition) is 4. The number of nitrogens with zero attached hydrogens (tertiary/aromatic N) is 2. The van der Waals surface area contributed by atoms with Crippen LogP contribution in [0, 0.1) is 25.2 Å². The maximum Gasteiger partial charge on any atom is 0.134 e. The fourth-order valence-electron chi connectivity index (χ4n) is 1.56. The van der Waals surface area contributed by atoms with Gasteiger partial charge in [0.1, 0.15) is 17.5 Å². The van der Waals surface area contributed by atoms with E-state index < -0.39 is 0 Å². The van der Waals surface area contributed by atoms with Crippen molar-refractivity contribution in [3.8, 4) is 0 Å². The summed E-state index contributed by atoms with van der Waals surface area (Å²) in [5.41, 5.74) is 1.31. The number of hydrogen-bond donors (Lipinski definition) is 2. The van der Waals surface area contributed by atoms with Crippen molar-refractivity contribution in [3.05, 3.63) is 11.4 Å². The quantitative estimate of drug-likeness (QED) is 0.842.